The summed E-state index contributed by atoms with van der Waals surface area (Å²) in [4.78, 5) is 0. The molecule has 0 saturated heterocycles. The minimum absolute atomic E-state index is 0.0176. The third-order valence-corrected chi connectivity index (χ3v) is 4.12. The van der Waals surface area contributed by atoms with Gasteiger partial charge in [-0.2, -0.15) is 0 Å². The Bertz CT molecular complexity index is 162. The Kier molecular flexibility index (Phi) is 2.16. The van der Waals surface area contributed by atoms with Gasteiger partial charge in [0, 0.05) is 0 Å². The molecule has 0 amide bonds. The van der Waals surface area contributed by atoms with Crippen LogP contribution in [0.1, 0.15) is 51.9 Å². The third-order valence-electron chi connectivity index (χ3n) is 4.12. The van der Waals surface area contributed by atoms with Gasteiger partial charge in [0.2, 0.25) is 0 Å². The second-order valence-corrected chi connectivity index (χ2v) is 4.97. The molecule has 0 spiro atoms. The van der Waals surface area contributed by atoms with Crippen molar-refractivity contribution in [3.63, 3.8) is 0 Å². The van der Waals surface area contributed by atoms with E-state index < -0.39 is 0 Å². The fourth-order valence-corrected chi connectivity index (χ4v) is 3.31. The van der Waals surface area contributed by atoms with E-state index in [2.05, 4.69) is 6.92 Å². The lowest BCUT2D eigenvalue weighted by Crippen LogP contribution is -2.42. The maximum atomic E-state index is 9.87. The first-order valence-electron chi connectivity index (χ1n) is 5.40. The first-order chi connectivity index (χ1) is 5.72. The zero-order valence-electron chi connectivity index (χ0n) is 8.05. The van der Waals surface area contributed by atoms with Crippen molar-refractivity contribution in [2.75, 3.05) is 0 Å². The van der Waals surface area contributed by atoms with Crippen LogP contribution in [0.25, 0.3) is 0 Å². The molecule has 0 bridgehead atoms. The van der Waals surface area contributed by atoms with E-state index >= 15 is 0 Å². The molecular formula is C11H20O. The van der Waals surface area contributed by atoms with Crippen LogP contribution in [0.2, 0.25) is 0 Å². The number of hydrogen-bond acceptors (Lipinski definition) is 1. The first-order valence-corrected chi connectivity index (χ1v) is 5.40. The highest BCUT2D eigenvalue weighted by Gasteiger charge is 2.42. The summed E-state index contributed by atoms with van der Waals surface area (Å²) in [7, 11) is 0. The number of hydrogen-bond donors (Lipinski definition) is 1. The van der Waals surface area contributed by atoms with Crippen LogP contribution in [-0.2, 0) is 0 Å². The summed E-state index contributed by atoms with van der Waals surface area (Å²) >= 11 is 0. The molecule has 3 atom stereocenters. The number of aliphatic hydroxyl groups is 1. The van der Waals surface area contributed by atoms with Crippen molar-refractivity contribution < 1.29 is 5.11 Å². The van der Waals surface area contributed by atoms with Gasteiger partial charge in [-0.25, -0.2) is 0 Å². The Balaban J connectivity index is 2.12. The molecular weight excluding hydrogens is 148 g/mol. The largest absolute Gasteiger partial charge is 0.393 e. The van der Waals surface area contributed by atoms with Crippen molar-refractivity contribution in [2.24, 2.45) is 11.3 Å². The maximum absolute atomic E-state index is 9.87. The molecule has 2 saturated carbocycles. The predicted molar refractivity (Wildman–Crippen MR) is 49.9 cm³/mol. The van der Waals surface area contributed by atoms with Crippen molar-refractivity contribution >= 4 is 0 Å². The predicted octanol–water partition coefficient (Wildman–Crippen LogP) is 2.73. The highest BCUT2D eigenvalue weighted by Crippen LogP contribution is 2.49. The van der Waals surface area contributed by atoms with Gasteiger partial charge in [0.1, 0.15) is 0 Å². The summed E-state index contributed by atoms with van der Waals surface area (Å²) < 4.78 is 0. The van der Waals surface area contributed by atoms with Crippen molar-refractivity contribution in [1.29, 1.82) is 0 Å². The van der Waals surface area contributed by atoms with Crippen LogP contribution in [-0.4, -0.2) is 11.2 Å². The summed E-state index contributed by atoms with van der Waals surface area (Å²) in [5.74, 6) is 0.625. The lowest BCUT2D eigenvalue weighted by molar-refractivity contribution is -0.0436. The molecule has 0 aliphatic heterocycles. The summed E-state index contributed by atoms with van der Waals surface area (Å²) in [6, 6.07) is 0. The number of rotatable bonds is 0. The molecule has 70 valence electrons. The highest BCUT2D eigenvalue weighted by molar-refractivity contribution is 4.93. The second kappa shape index (κ2) is 3.02. The van der Waals surface area contributed by atoms with E-state index in [-0.39, 0.29) is 6.10 Å². The molecule has 1 nitrogen and oxygen atoms in total. The van der Waals surface area contributed by atoms with Crippen LogP contribution >= 0.6 is 0 Å². The second-order valence-electron chi connectivity index (χ2n) is 4.97. The van der Waals surface area contributed by atoms with Crippen LogP contribution in [0.3, 0.4) is 0 Å². The van der Waals surface area contributed by atoms with Crippen molar-refractivity contribution in [3.8, 4) is 0 Å². The van der Waals surface area contributed by atoms with Gasteiger partial charge in [-0.15, -0.1) is 0 Å². The van der Waals surface area contributed by atoms with E-state index in [9.17, 15) is 5.11 Å². The van der Waals surface area contributed by atoms with Crippen LogP contribution < -0.4 is 0 Å². The Hall–Kier alpha value is -0.0400. The first kappa shape index (κ1) is 8.55. The fraction of sp³-hybridized carbons (Fsp3) is 1.00. The molecule has 1 N–H and O–H groups in total. The third kappa shape index (κ3) is 1.28. The molecule has 2 fully saturated rings. The highest BCUT2D eigenvalue weighted by atomic mass is 16.3. The summed E-state index contributed by atoms with van der Waals surface area (Å²) in [5, 5.41) is 9.87. The molecule has 0 unspecified atom stereocenters. The van der Waals surface area contributed by atoms with Crippen molar-refractivity contribution in [3.05, 3.63) is 0 Å². The van der Waals surface area contributed by atoms with Gasteiger partial charge in [-0.3, -0.25) is 0 Å². The SMILES string of the molecule is C[C@]12CCCC[C@@H]1[C@H](O)CCC2. The molecule has 2 rings (SSSR count). The van der Waals surface area contributed by atoms with E-state index in [0.717, 1.165) is 6.42 Å². The average molecular weight is 168 g/mol. The summed E-state index contributed by atoms with van der Waals surface area (Å²) in [6.07, 6.45) is 9.04. The lowest BCUT2D eigenvalue weighted by Gasteiger charge is -2.47. The standard InChI is InChI=1S/C11H20O/c1-11-7-3-2-5-9(11)10(12)6-4-8-11/h9-10,12H,2-8H2,1H3/t9-,10-,11-/m1/s1. The average Bonchev–Trinajstić information content (AvgIpc) is 2.04. The Morgan fingerprint density at radius 1 is 1.08 bits per heavy atom. The van der Waals surface area contributed by atoms with Gasteiger partial charge in [-0.05, 0) is 37.0 Å². The molecule has 2 aliphatic rings. The van der Waals surface area contributed by atoms with Crippen LogP contribution in [0.15, 0.2) is 0 Å². The maximum Gasteiger partial charge on any atom is 0.0573 e. The zero-order valence-corrected chi connectivity index (χ0v) is 8.05. The Morgan fingerprint density at radius 3 is 2.58 bits per heavy atom. The van der Waals surface area contributed by atoms with E-state index in [1.165, 1.54) is 38.5 Å². The van der Waals surface area contributed by atoms with Gasteiger partial charge in [0.05, 0.1) is 6.10 Å². The quantitative estimate of drug-likeness (QED) is 0.589. The summed E-state index contributed by atoms with van der Waals surface area (Å²) in [6.45, 7) is 2.39. The van der Waals surface area contributed by atoms with E-state index in [4.69, 9.17) is 0 Å². The molecule has 1 heteroatoms. The Labute approximate surface area is 75.2 Å². The summed E-state index contributed by atoms with van der Waals surface area (Å²) in [5.41, 5.74) is 0.496. The van der Waals surface area contributed by atoms with Gasteiger partial charge >= 0.3 is 0 Å². The van der Waals surface area contributed by atoms with Gasteiger partial charge in [0.15, 0.2) is 0 Å². The van der Waals surface area contributed by atoms with Crippen molar-refractivity contribution in [1.82, 2.24) is 0 Å². The van der Waals surface area contributed by atoms with Gasteiger partial charge in [-0.1, -0.05) is 26.2 Å². The van der Waals surface area contributed by atoms with Crippen LogP contribution in [0.5, 0.6) is 0 Å². The molecule has 0 aromatic rings. The number of fused-ring (bicyclic) bond motifs is 1. The number of aliphatic hydroxyl groups excluding tert-OH is 1. The molecule has 12 heavy (non-hydrogen) atoms. The van der Waals surface area contributed by atoms with Crippen molar-refractivity contribution in [2.45, 2.75) is 58.0 Å². The Morgan fingerprint density at radius 2 is 1.83 bits per heavy atom. The van der Waals surface area contributed by atoms with E-state index in [1.807, 2.05) is 0 Å². The molecule has 0 radical (unpaired) electrons. The van der Waals surface area contributed by atoms with E-state index in [0.29, 0.717) is 11.3 Å². The van der Waals surface area contributed by atoms with Crippen LogP contribution in [0, 0.1) is 11.3 Å². The minimum atomic E-state index is 0.0176. The van der Waals surface area contributed by atoms with Gasteiger partial charge < -0.3 is 5.11 Å². The normalized spacial score (nSPS) is 48.5. The monoisotopic (exact) mass is 168 g/mol. The molecule has 0 heterocycles. The smallest absolute Gasteiger partial charge is 0.0573 e. The zero-order chi connectivity index (χ0) is 8.60. The molecule has 0 aromatic carbocycles. The minimum Gasteiger partial charge on any atom is -0.393 e. The van der Waals surface area contributed by atoms with E-state index in [1.54, 1.807) is 0 Å². The topological polar surface area (TPSA) is 20.2 Å². The fourth-order valence-electron chi connectivity index (χ4n) is 3.31. The molecule has 0 aromatic heterocycles. The van der Waals surface area contributed by atoms with Crippen LogP contribution in [0.4, 0.5) is 0 Å². The molecule has 2 aliphatic carbocycles. The van der Waals surface area contributed by atoms with Gasteiger partial charge in [0.25, 0.3) is 0 Å². The lowest BCUT2D eigenvalue weighted by atomic mass is 9.59.